The number of aromatic nitrogens is 2. The second-order valence-electron chi connectivity index (χ2n) is 5.66. The number of hydrogen-bond donors (Lipinski definition) is 3. The minimum Gasteiger partial charge on any atom is -0.369 e. The first-order valence-electron chi connectivity index (χ1n) is 8.28. The van der Waals surface area contributed by atoms with Crippen molar-refractivity contribution in [3.8, 4) is 0 Å². The fourth-order valence-corrected chi connectivity index (χ4v) is 2.62. The van der Waals surface area contributed by atoms with Gasteiger partial charge in [0.1, 0.15) is 5.82 Å². The number of alkyl halides is 3. The van der Waals surface area contributed by atoms with Gasteiger partial charge in [-0.2, -0.15) is 13.2 Å². The molecule has 0 spiro atoms. The molecule has 2 aromatic rings. The lowest BCUT2D eigenvalue weighted by Crippen LogP contribution is -2.29. The Morgan fingerprint density at radius 1 is 1.15 bits per heavy atom. The van der Waals surface area contributed by atoms with E-state index in [2.05, 4.69) is 25.9 Å². The van der Waals surface area contributed by atoms with Crippen molar-refractivity contribution in [2.75, 3.05) is 23.7 Å². The van der Waals surface area contributed by atoms with Crippen LogP contribution in [-0.2, 0) is 6.18 Å². The third-order valence-corrected chi connectivity index (χ3v) is 4.05. The van der Waals surface area contributed by atoms with Gasteiger partial charge >= 0.3 is 6.18 Å². The van der Waals surface area contributed by atoms with Crippen LogP contribution >= 0.6 is 23.8 Å². The van der Waals surface area contributed by atoms with Gasteiger partial charge in [-0.05, 0) is 49.7 Å². The quantitative estimate of drug-likeness (QED) is 0.427. The molecule has 0 aliphatic carbocycles. The molecule has 0 fully saturated rings. The van der Waals surface area contributed by atoms with E-state index in [0.29, 0.717) is 18.2 Å². The van der Waals surface area contributed by atoms with Gasteiger partial charge < -0.3 is 16.0 Å². The van der Waals surface area contributed by atoms with Crippen LogP contribution in [0.4, 0.5) is 24.7 Å². The molecule has 2 rings (SSSR count). The van der Waals surface area contributed by atoms with E-state index < -0.39 is 11.7 Å². The van der Waals surface area contributed by atoms with Crippen molar-refractivity contribution in [1.29, 1.82) is 0 Å². The summed E-state index contributed by atoms with van der Waals surface area (Å²) in [5.41, 5.74) is -0.0416. The van der Waals surface area contributed by atoms with Gasteiger partial charge in [0.15, 0.2) is 5.11 Å². The maximum atomic E-state index is 12.6. The van der Waals surface area contributed by atoms with Gasteiger partial charge in [0, 0.05) is 25.5 Å². The van der Waals surface area contributed by atoms with Crippen molar-refractivity contribution in [2.45, 2.75) is 25.4 Å². The van der Waals surface area contributed by atoms with Crippen molar-refractivity contribution >= 4 is 40.4 Å². The summed E-state index contributed by atoms with van der Waals surface area (Å²) < 4.78 is 37.7. The highest BCUT2D eigenvalue weighted by Crippen LogP contribution is 2.32. The Kier molecular flexibility index (Phi) is 8.05. The summed E-state index contributed by atoms with van der Waals surface area (Å²) in [4.78, 5) is 7.72. The van der Waals surface area contributed by atoms with Crippen molar-refractivity contribution in [2.24, 2.45) is 0 Å². The molecule has 0 radical (unpaired) electrons. The van der Waals surface area contributed by atoms with Crippen LogP contribution in [-0.4, -0.2) is 28.2 Å². The summed E-state index contributed by atoms with van der Waals surface area (Å²) >= 11 is 11.0. The van der Waals surface area contributed by atoms with Crippen molar-refractivity contribution in [3.05, 3.63) is 47.4 Å². The normalized spacial score (nSPS) is 11.1. The highest BCUT2D eigenvalue weighted by Gasteiger charge is 2.31. The second-order valence-corrected chi connectivity index (χ2v) is 6.48. The average Bonchev–Trinajstić information content (AvgIpc) is 2.62. The fraction of sp³-hybridized carbons (Fsp3) is 0.353. The first kappa shape index (κ1) is 21.2. The maximum Gasteiger partial charge on any atom is 0.417 e. The van der Waals surface area contributed by atoms with Crippen LogP contribution in [0.2, 0.25) is 5.02 Å². The molecule has 0 unspecified atom stereocenters. The molecule has 146 valence electrons. The Balaban J connectivity index is 1.59. The van der Waals surface area contributed by atoms with Crippen LogP contribution in [0.25, 0.3) is 0 Å². The third kappa shape index (κ3) is 7.56. The molecule has 2 aromatic heterocycles. The molecular formula is C17H19ClF3N5S. The molecule has 0 aromatic carbocycles. The summed E-state index contributed by atoms with van der Waals surface area (Å²) in [7, 11) is 0. The largest absolute Gasteiger partial charge is 0.417 e. The van der Waals surface area contributed by atoms with Crippen LogP contribution in [0.5, 0.6) is 0 Å². The minimum atomic E-state index is -4.45. The van der Waals surface area contributed by atoms with E-state index in [0.717, 1.165) is 37.2 Å². The van der Waals surface area contributed by atoms with Gasteiger partial charge in [-0.1, -0.05) is 11.6 Å². The van der Waals surface area contributed by atoms with Gasteiger partial charge in [-0.15, -0.1) is 0 Å². The minimum absolute atomic E-state index is 0.0432. The predicted molar refractivity (Wildman–Crippen MR) is 105 cm³/mol. The molecule has 3 N–H and O–H groups in total. The Morgan fingerprint density at radius 2 is 1.93 bits per heavy atom. The molecule has 0 saturated heterocycles. The van der Waals surface area contributed by atoms with Gasteiger partial charge in [-0.3, -0.25) is 4.98 Å². The van der Waals surface area contributed by atoms with Crippen LogP contribution in [0.3, 0.4) is 0 Å². The zero-order valence-corrected chi connectivity index (χ0v) is 15.9. The zero-order chi connectivity index (χ0) is 19.7. The first-order valence-corrected chi connectivity index (χ1v) is 9.06. The number of pyridine rings is 2. The molecule has 0 bridgehead atoms. The van der Waals surface area contributed by atoms with E-state index in [4.69, 9.17) is 23.8 Å². The fourth-order valence-electron chi connectivity index (χ4n) is 2.17. The summed E-state index contributed by atoms with van der Waals surface area (Å²) in [5, 5.41) is 9.56. The maximum absolute atomic E-state index is 12.6. The molecule has 0 amide bonds. The Bertz CT molecular complexity index is 743. The van der Waals surface area contributed by atoms with E-state index >= 15 is 0 Å². The Hall–Kier alpha value is -2.13. The van der Waals surface area contributed by atoms with Gasteiger partial charge in [-0.25, -0.2) is 4.98 Å². The highest BCUT2D eigenvalue weighted by molar-refractivity contribution is 7.80. The van der Waals surface area contributed by atoms with Crippen molar-refractivity contribution in [3.63, 3.8) is 0 Å². The lowest BCUT2D eigenvalue weighted by Gasteiger charge is -2.11. The van der Waals surface area contributed by atoms with Gasteiger partial charge in [0.25, 0.3) is 0 Å². The molecule has 5 nitrogen and oxygen atoms in total. The Labute approximate surface area is 165 Å². The average molecular weight is 418 g/mol. The molecule has 10 heteroatoms. The number of nitrogens with zero attached hydrogens (tertiary/aromatic N) is 2. The van der Waals surface area contributed by atoms with E-state index in [1.165, 1.54) is 0 Å². The number of rotatable bonds is 8. The number of hydrogen-bond acceptors (Lipinski definition) is 4. The summed E-state index contributed by atoms with van der Waals surface area (Å²) in [5.74, 6) is 0.254. The standard InChI is InChI=1S/C17H19ClF3N5S/c18-14-9-12(17(19,20)21)10-25-15(14)23-7-2-1-3-8-24-16(27)26-13-5-4-6-22-11-13/h4-6,9-11H,1-3,7-8H2,(H,23,25)(H2,24,26,27). The highest BCUT2D eigenvalue weighted by atomic mass is 35.5. The monoisotopic (exact) mass is 417 g/mol. The SMILES string of the molecule is FC(F)(F)c1cnc(NCCCCCNC(=S)Nc2cccnc2)c(Cl)c1. The number of nitrogens with one attached hydrogen (secondary N) is 3. The van der Waals surface area contributed by atoms with Crippen LogP contribution in [0.15, 0.2) is 36.8 Å². The number of anilines is 2. The molecule has 2 heterocycles. The number of unbranched alkanes of at least 4 members (excludes halogenated alkanes) is 2. The second kappa shape index (κ2) is 10.3. The number of halogens is 4. The van der Waals surface area contributed by atoms with E-state index in [9.17, 15) is 13.2 Å². The predicted octanol–water partition coefficient (Wildman–Crippen LogP) is 4.72. The summed E-state index contributed by atoms with van der Waals surface area (Å²) in [6.45, 7) is 1.28. The van der Waals surface area contributed by atoms with E-state index in [1.807, 2.05) is 12.1 Å². The molecule has 0 aliphatic rings. The van der Waals surface area contributed by atoms with Crippen LogP contribution < -0.4 is 16.0 Å². The van der Waals surface area contributed by atoms with Crippen LogP contribution in [0.1, 0.15) is 24.8 Å². The third-order valence-electron chi connectivity index (χ3n) is 3.52. The molecule has 27 heavy (non-hydrogen) atoms. The van der Waals surface area contributed by atoms with E-state index in [1.54, 1.807) is 12.4 Å². The topological polar surface area (TPSA) is 61.9 Å². The molecule has 0 aliphatic heterocycles. The lowest BCUT2D eigenvalue weighted by molar-refractivity contribution is -0.137. The van der Waals surface area contributed by atoms with Gasteiger partial charge in [0.2, 0.25) is 0 Å². The molecule has 0 saturated carbocycles. The van der Waals surface area contributed by atoms with Crippen molar-refractivity contribution in [1.82, 2.24) is 15.3 Å². The van der Waals surface area contributed by atoms with Crippen LogP contribution in [0, 0.1) is 0 Å². The Morgan fingerprint density at radius 3 is 2.59 bits per heavy atom. The number of thiocarbonyl (C=S) groups is 1. The first-order chi connectivity index (χ1) is 12.9. The van der Waals surface area contributed by atoms with E-state index in [-0.39, 0.29) is 10.8 Å². The molecule has 0 atom stereocenters. The summed E-state index contributed by atoms with van der Waals surface area (Å²) in [6, 6.07) is 4.56. The smallest absolute Gasteiger partial charge is 0.369 e. The van der Waals surface area contributed by atoms with Crippen molar-refractivity contribution < 1.29 is 13.2 Å². The zero-order valence-electron chi connectivity index (χ0n) is 14.3. The molecular weight excluding hydrogens is 399 g/mol. The van der Waals surface area contributed by atoms with Gasteiger partial charge in [0.05, 0.1) is 22.5 Å². The lowest BCUT2D eigenvalue weighted by atomic mass is 10.2. The summed E-state index contributed by atoms with van der Waals surface area (Å²) in [6.07, 6.45) is 2.31.